The molecule has 0 aliphatic carbocycles. The fourth-order valence-corrected chi connectivity index (χ4v) is 1.54. The summed E-state index contributed by atoms with van der Waals surface area (Å²) in [5.41, 5.74) is 2.40. The van der Waals surface area contributed by atoms with Crippen molar-refractivity contribution in [1.29, 1.82) is 0 Å². The normalized spacial score (nSPS) is 10.4. The highest BCUT2D eigenvalue weighted by molar-refractivity contribution is 5.94. The maximum atomic E-state index is 11.0. The van der Waals surface area contributed by atoms with Crippen molar-refractivity contribution in [2.75, 3.05) is 0 Å². The Balaban J connectivity index is 2.58. The molecule has 0 unspecified atom stereocenters. The molecular formula is C11H11N3O2. The van der Waals surface area contributed by atoms with Crippen molar-refractivity contribution in [2.45, 2.75) is 6.92 Å². The predicted molar refractivity (Wildman–Crippen MR) is 58.1 cm³/mol. The second-order valence-electron chi connectivity index (χ2n) is 3.52. The molecule has 0 saturated heterocycles. The first kappa shape index (κ1) is 10.4. The van der Waals surface area contributed by atoms with Crippen LogP contribution in [0.1, 0.15) is 16.1 Å². The van der Waals surface area contributed by atoms with Crippen molar-refractivity contribution in [3.05, 3.63) is 35.8 Å². The second-order valence-corrected chi connectivity index (χ2v) is 3.52. The van der Waals surface area contributed by atoms with Crippen LogP contribution < -0.4 is 0 Å². The van der Waals surface area contributed by atoms with E-state index < -0.39 is 5.97 Å². The van der Waals surface area contributed by atoms with Gasteiger partial charge in [-0.15, -0.1) is 0 Å². The maximum absolute atomic E-state index is 11.0. The molecule has 0 amide bonds. The molecule has 1 N–H and O–H groups in total. The summed E-state index contributed by atoms with van der Waals surface area (Å²) in [6, 6.07) is 3.68. The average molecular weight is 217 g/mol. The van der Waals surface area contributed by atoms with E-state index in [1.54, 1.807) is 13.2 Å². The third-order valence-electron chi connectivity index (χ3n) is 2.35. The van der Waals surface area contributed by atoms with E-state index in [0.29, 0.717) is 5.69 Å². The van der Waals surface area contributed by atoms with Gasteiger partial charge in [0.1, 0.15) is 5.56 Å². The Bertz CT molecular complexity index is 529. The molecule has 0 radical (unpaired) electrons. The average Bonchev–Trinajstić information content (AvgIpc) is 2.62. The van der Waals surface area contributed by atoms with Crippen LogP contribution in [-0.2, 0) is 7.05 Å². The fraction of sp³-hybridized carbons (Fsp3) is 0.182. The minimum absolute atomic E-state index is 0.188. The number of aromatic nitrogens is 3. The molecule has 0 aromatic carbocycles. The van der Waals surface area contributed by atoms with Crippen LogP contribution in [0.5, 0.6) is 0 Å². The van der Waals surface area contributed by atoms with Crippen molar-refractivity contribution in [3.63, 3.8) is 0 Å². The molecule has 2 aromatic rings. The molecule has 82 valence electrons. The van der Waals surface area contributed by atoms with E-state index in [1.807, 2.05) is 19.1 Å². The lowest BCUT2D eigenvalue weighted by Crippen LogP contribution is -2.01. The van der Waals surface area contributed by atoms with E-state index >= 15 is 0 Å². The maximum Gasteiger partial charge on any atom is 0.339 e. The number of carboxylic acid groups (broad SMARTS) is 1. The van der Waals surface area contributed by atoms with Gasteiger partial charge in [-0.05, 0) is 19.1 Å². The SMILES string of the molecule is Cc1ccc(-c2c(C(=O)O)cnn2C)cn1. The largest absolute Gasteiger partial charge is 0.478 e. The van der Waals surface area contributed by atoms with Crippen molar-refractivity contribution >= 4 is 5.97 Å². The van der Waals surface area contributed by atoms with Gasteiger partial charge in [0.15, 0.2) is 0 Å². The molecule has 0 fully saturated rings. The van der Waals surface area contributed by atoms with E-state index in [-0.39, 0.29) is 5.56 Å². The van der Waals surface area contributed by atoms with Gasteiger partial charge in [0.05, 0.1) is 11.9 Å². The van der Waals surface area contributed by atoms with Gasteiger partial charge in [0.25, 0.3) is 0 Å². The van der Waals surface area contributed by atoms with Crippen molar-refractivity contribution in [3.8, 4) is 11.3 Å². The first-order valence-corrected chi connectivity index (χ1v) is 4.78. The van der Waals surface area contributed by atoms with Crippen LogP contribution in [0.25, 0.3) is 11.3 Å². The molecule has 0 aliphatic rings. The standard InChI is InChI=1S/C11H11N3O2/c1-7-3-4-8(5-12-7)10-9(11(15)16)6-13-14(10)2/h3-6H,1-2H3,(H,15,16). The topological polar surface area (TPSA) is 68.0 Å². The third-order valence-corrected chi connectivity index (χ3v) is 2.35. The van der Waals surface area contributed by atoms with Gasteiger partial charge >= 0.3 is 5.97 Å². The minimum Gasteiger partial charge on any atom is -0.478 e. The van der Waals surface area contributed by atoms with Crippen molar-refractivity contribution in [1.82, 2.24) is 14.8 Å². The van der Waals surface area contributed by atoms with Gasteiger partial charge in [-0.2, -0.15) is 5.10 Å². The molecule has 2 heterocycles. The van der Waals surface area contributed by atoms with E-state index in [9.17, 15) is 4.79 Å². The summed E-state index contributed by atoms with van der Waals surface area (Å²) in [5.74, 6) is -0.983. The second kappa shape index (κ2) is 3.77. The number of hydrogen-bond acceptors (Lipinski definition) is 3. The predicted octanol–water partition coefficient (Wildman–Crippen LogP) is 1.49. The Kier molecular flexibility index (Phi) is 2.44. The van der Waals surface area contributed by atoms with E-state index in [1.165, 1.54) is 10.9 Å². The zero-order valence-electron chi connectivity index (χ0n) is 9.01. The summed E-state index contributed by atoms with van der Waals surface area (Å²) in [5, 5.41) is 13.0. The van der Waals surface area contributed by atoms with Gasteiger partial charge in [-0.1, -0.05) is 0 Å². The Morgan fingerprint density at radius 2 is 2.12 bits per heavy atom. The number of pyridine rings is 1. The van der Waals surface area contributed by atoms with Crippen molar-refractivity contribution in [2.24, 2.45) is 7.05 Å². The van der Waals surface area contributed by atoms with Crippen LogP contribution in [0.15, 0.2) is 24.5 Å². The summed E-state index contributed by atoms with van der Waals surface area (Å²) in [6.07, 6.45) is 3.00. The Hall–Kier alpha value is -2.17. The van der Waals surface area contributed by atoms with Crippen LogP contribution in [0.3, 0.4) is 0 Å². The first-order chi connectivity index (χ1) is 7.59. The minimum atomic E-state index is -0.983. The van der Waals surface area contributed by atoms with Crippen LogP contribution in [0.2, 0.25) is 0 Å². The third kappa shape index (κ3) is 1.67. The van der Waals surface area contributed by atoms with Crippen LogP contribution >= 0.6 is 0 Å². The van der Waals surface area contributed by atoms with Crippen molar-refractivity contribution < 1.29 is 9.90 Å². The van der Waals surface area contributed by atoms with E-state index in [0.717, 1.165) is 11.3 Å². The van der Waals surface area contributed by atoms with E-state index in [4.69, 9.17) is 5.11 Å². The monoisotopic (exact) mass is 217 g/mol. The van der Waals surface area contributed by atoms with Gasteiger partial charge in [0.2, 0.25) is 0 Å². The quantitative estimate of drug-likeness (QED) is 0.827. The molecular weight excluding hydrogens is 206 g/mol. The lowest BCUT2D eigenvalue weighted by molar-refractivity contribution is 0.0697. The molecule has 5 nitrogen and oxygen atoms in total. The van der Waals surface area contributed by atoms with E-state index in [2.05, 4.69) is 10.1 Å². The molecule has 2 rings (SSSR count). The van der Waals surface area contributed by atoms with Gasteiger partial charge in [-0.25, -0.2) is 4.79 Å². The van der Waals surface area contributed by atoms with Crippen LogP contribution in [-0.4, -0.2) is 25.8 Å². The summed E-state index contributed by atoms with van der Waals surface area (Å²) in [6.45, 7) is 1.88. The highest BCUT2D eigenvalue weighted by atomic mass is 16.4. The Morgan fingerprint density at radius 1 is 1.38 bits per heavy atom. The highest BCUT2D eigenvalue weighted by Crippen LogP contribution is 2.22. The molecule has 0 bridgehead atoms. The lowest BCUT2D eigenvalue weighted by atomic mass is 10.1. The van der Waals surface area contributed by atoms with Crippen LogP contribution in [0, 0.1) is 6.92 Å². The molecule has 5 heteroatoms. The number of aryl methyl sites for hydroxylation is 2. The van der Waals surface area contributed by atoms with Crippen LogP contribution in [0.4, 0.5) is 0 Å². The molecule has 2 aromatic heterocycles. The zero-order valence-corrected chi connectivity index (χ0v) is 9.01. The Labute approximate surface area is 92.4 Å². The summed E-state index contributed by atoms with van der Waals surface area (Å²) >= 11 is 0. The number of nitrogens with zero attached hydrogens (tertiary/aromatic N) is 3. The highest BCUT2D eigenvalue weighted by Gasteiger charge is 2.16. The number of rotatable bonds is 2. The van der Waals surface area contributed by atoms with Gasteiger partial charge in [0, 0.05) is 24.5 Å². The first-order valence-electron chi connectivity index (χ1n) is 4.78. The summed E-state index contributed by atoms with van der Waals surface area (Å²) < 4.78 is 1.54. The number of carbonyl (C=O) groups is 1. The summed E-state index contributed by atoms with van der Waals surface area (Å²) in [4.78, 5) is 15.1. The number of carboxylic acids is 1. The molecule has 0 atom stereocenters. The number of aromatic carboxylic acids is 1. The number of hydrogen-bond donors (Lipinski definition) is 1. The van der Waals surface area contributed by atoms with Gasteiger partial charge in [-0.3, -0.25) is 9.67 Å². The Morgan fingerprint density at radius 3 is 2.69 bits per heavy atom. The molecule has 16 heavy (non-hydrogen) atoms. The van der Waals surface area contributed by atoms with Gasteiger partial charge < -0.3 is 5.11 Å². The molecule has 0 saturated carbocycles. The molecule has 0 aliphatic heterocycles. The fourth-order valence-electron chi connectivity index (χ4n) is 1.54. The summed E-state index contributed by atoms with van der Waals surface area (Å²) in [7, 11) is 1.71. The molecule has 0 spiro atoms. The lowest BCUT2D eigenvalue weighted by Gasteiger charge is -2.03. The zero-order chi connectivity index (χ0) is 11.7. The smallest absolute Gasteiger partial charge is 0.339 e.